The van der Waals surface area contributed by atoms with Crippen molar-refractivity contribution in [2.24, 2.45) is 0 Å². The maximum absolute atomic E-state index is 12.6. The molecule has 124 valence electrons. The fourth-order valence-corrected chi connectivity index (χ4v) is 2.57. The van der Waals surface area contributed by atoms with Crippen LogP contribution in [0.15, 0.2) is 67.3 Å². The molecule has 1 amide bonds. The SMILES string of the molecule is O=C(NC(Cn1cccn1)c1ccccc1)c1nc2ncccn2n1. The van der Waals surface area contributed by atoms with Gasteiger partial charge in [0, 0.05) is 24.8 Å². The Labute approximate surface area is 143 Å². The molecule has 1 aromatic carbocycles. The number of hydrogen-bond acceptors (Lipinski definition) is 5. The highest BCUT2D eigenvalue weighted by Crippen LogP contribution is 2.15. The number of amides is 1. The van der Waals surface area contributed by atoms with Crippen LogP contribution in [0.1, 0.15) is 22.2 Å². The van der Waals surface area contributed by atoms with Gasteiger partial charge in [0.25, 0.3) is 11.7 Å². The molecule has 3 aromatic heterocycles. The summed E-state index contributed by atoms with van der Waals surface area (Å²) in [6.45, 7) is 0.508. The third-order valence-corrected chi connectivity index (χ3v) is 3.76. The van der Waals surface area contributed by atoms with Crippen molar-refractivity contribution in [2.75, 3.05) is 0 Å². The van der Waals surface area contributed by atoms with Crippen molar-refractivity contribution < 1.29 is 4.79 Å². The molecule has 0 aliphatic carbocycles. The minimum absolute atomic E-state index is 0.0834. The molecule has 0 bridgehead atoms. The Morgan fingerprint density at radius 3 is 2.68 bits per heavy atom. The number of carbonyl (C=O) groups is 1. The van der Waals surface area contributed by atoms with Gasteiger partial charge in [0.2, 0.25) is 5.82 Å². The topological polar surface area (TPSA) is 90.0 Å². The van der Waals surface area contributed by atoms with Gasteiger partial charge < -0.3 is 5.32 Å². The summed E-state index contributed by atoms with van der Waals surface area (Å²) in [6.07, 6.45) is 6.87. The summed E-state index contributed by atoms with van der Waals surface area (Å²) in [5, 5.41) is 11.4. The summed E-state index contributed by atoms with van der Waals surface area (Å²) in [6, 6.07) is 13.1. The van der Waals surface area contributed by atoms with E-state index in [-0.39, 0.29) is 17.8 Å². The number of nitrogens with one attached hydrogen (secondary N) is 1. The van der Waals surface area contributed by atoms with Crippen molar-refractivity contribution >= 4 is 11.7 Å². The molecule has 8 heteroatoms. The van der Waals surface area contributed by atoms with E-state index in [1.54, 1.807) is 29.3 Å². The molecule has 3 heterocycles. The van der Waals surface area contributed by atoms with E-state index in [0.29, 0.717) is 12.3 Å². The first-order chi connectivity index (χ1) is 12.3. The Morgan fingerprint density at radius 2 is 1.92 bits per heavy atom. The van der Waals surface area contributed by atoms with Crippen molar-refractivity contribution in [1.29, 1.82) is 0 Å². The zero-order valence-electron chi connectivity index (χ0n) is 13.2. The molecule has 0 aliphatic heterocycles. The number of carbonyl (C=O) groups excluding carboxylic acids is 1. The lowest BCUT2D eigenvalue weighted by Gasteiger charge is -2.18. The number of benzene rings is 1. The number of aromatic nitrogens is 6. The molecule has 8 nitrogen and oxygen atoms in total. The van der Waals surface area contributed by atoms with Crippen LogP contribution in [0.2, 0.25) is 0 Å². The van der Waals surface area contributed by atoms with Crippen LogP contribution in [0.25, 0.3) is 5.78 Å². The van der Waals surface area contributed by atoms with Crippen LogP contribution in [0, 0.1) is 0 Å². The highest BCUT2D eigenvalue weighted by molar-refractivity contribution is 5.91. The van der Waals surface area contributed by atoms with Crippen LogP contribution < -0.4 is 5.32 Å². The van der Waals surface area contributed by atoms with E-state index in [4.69, 9.17) is 0 Å². The fourth-order valence-electron chi connectivity index (χ4n) is 2.57. The van der Waals surface area contributed by atoms with Gasteiger partial charge in [0.1, 0.15) is 0 Å². The van der Waals surface area contributed by atoms with E-state index < -0.39 is 0 Å². The molecule has 0 aliphatic rings. The van der Waals surface area contributed by atoms with E-state index in [2.05, 4.69) is 25.5 Å². The van der Waals surface area contributed by atoms with Gasteiger partial charge in [-0.15, -0.1) is 5.10 Å². The monoisotopic (exact) mass is 333 g/mol. The van der Waals surface area contributed by atoms with Crippen LogP contribution >= 0.6 is 0 Å². The Balaban J connectivity index is 1.60. The smallest absolute Gasteiger partial charge is 0.291 e. The Kier molecular flexibility index (Phi) is 3.91. The largest absolute Gasteiger partial charge is 0.341 e. The summed E-state index contributed by atoms with van der Waals surface area (Å²) < 4.78 is 3.25. The second-order valence-electron chi connectivity index (χ2n) is 5.46. The van der Waals surface area contributed by atoms with Crippen LogP contribution in [-0.4, -0.2) is 35.3 Å². The molecule has 1 N–H and O–H groups in total. The fraction of sp³-hybridized carbons (Fsp3) is 0.118. The summed E-state index contributed by atoms with van der Waals surface area (Å²) in [5.74, 6) is 0.114. The first-order valence-corrected chi connectivity index (χ1v) is 7.80. The predicted octanol–water partition coefficient (Wildman–Crippen LogP) is 1.49. The lowest BCUT2D eigenvalue weighted by molar-refractivity contribution is 0.0921. The van der Waals surface area contributed by atoms with Crippen LogP contribution in [0.4, 0.5) is 0 Å². The third-order valence-electron chi connectivity index (χ3n) is 3.76. The lowest BCUT2D eigenvalue weighted by atomic mass is 10.1. The minimum Gasteiger partial charge on any atom is -0.341 e. The second kappa shape index (κ2) is 6.52. The zero-order chi connectivity index (χ0) is 17.1. The quantitative estimate of drug-likeness (QED) is 0.598. The van der Waals surface area contributed by atoms with Crippen LogP contribution in [0.5, 0.6) is 0 Å². The Bertz CT molecular complexity index is 946. The number of fused-ring (bicyclic) bond motifs is 1. The van der Waals surface area contributed by atoms with E-state index in [9.17, 15) is 4.79 Å². The molecular weight excluding hydrogens is 318 g/mol. The van der Waals surface area contributed by atoms with Gasteiger partial charge in [0.05, 0.1) is 12.6 Å². The van der Waals surface area contributed by atoms with Crippen LogP contribution in [0.3, 0.4) is 0 Å². The average molecular weight is 333 g/mol. The number of hydrogen-bond donors (Lipinski definition) is 1. The van der Waals surface area contributed by atoms with Gasteiger partial charge in [-0.3, -0.25) is 9.48 Å². The molecule has 25 heavy (non-hydrogen) atoms. The van der Waals surface area contributed by atoms with Crippen molar-refractivity contribution in [3.63, 3.8) is 0 Å². The lowest BCUT2D eigenvalue weighted by Crippen LogP contribution is -2.32. The Hall–Kier alpha value is -3.55. The van der Waals surface area contributed by atoms with Gasteiger partial charge >= 0.3 is 0 Å². The van der Waals surface area contributed by atoms with Gasteiger partial charge in [0.15, 0.2) is 0 Å². The predicted molar refractivity (Wildman–Crippen MR) is 89.7 cm³/mol. The maximum atomic E-state index is 12.6. The summed E-state index contributed by atoms with van der Waals surface area (Å²) in [5.41, 5.74) is 0.980. The molecule has 4 aromatic rings. The molecule has 0 fully saturated rings. The first-order valence-electron chi connectivity index (χ1n) is 7.80. The van der Waals surface area contributed by atoms with Gasteiger partial charge in [-0.05, 0) is 17.7 Å². The standard InChI is InChI=1S/C17H15N7O/c25-16(15-21-17-18-8-4-11-24(17)22-15)20-14(12-23-10-5-9-19-23)13-6-2-1-3-7-13/h1-11,14H,12H2,(H,20,25). The zero-order valence-corrected chi connectivity index (χ0v) is 13.2. The van der Waals surface area contributed by atoms with Gasteiger partial charge in [-0.25, -0.2) is 9.50 Å². The average Bonchev–Trinajstić information content (AvgIpc) is 3.31. The minimum atomic E-state index is -0.355. The van der Waals surface area contributed by atoms with E-state index in [1.165, 1.54) is 4.52 Å². The molecular formula is C17H15N7O. The Morgan fingerprint density at radius 1 is 1.08 bits per heavy atom. The van der Waals surface area contributed by atoms with Crippen molar-refractivity contribution in [3.05, 3.63) is 78.6 Å². The molecule has 0 spiro atoms. The second-order valence-corrected chi connectivity index (χ2v) is 5.46. The number of rotatable bonds is 5. The molecule has 0 radical (unpaired) electrons. The molecule has 1 atom stereocenters. The third kappa shape index (κ3) is 3.23. The first kappa shape index (κ1) is 15.0. The molecule has 4 rings (SSSR count). The van der Waals surface area contributed by atoms with Gasteiger partial charge in [-0.1, -0.05) is 30.3 Å². The summed E-state index contributed by atoms with van der Waals surface area (Å²) in [4.78, 5) is 20.9. The van der Waals surface area contributed by atoms with Crippen LogP contribution in [-0.2, 0) is 6.54 Å². The highest BCUT2D eigenvalue weighted by atomic mass is 16.2. The van der Waals surface area contributed by atoms with E-state index >= 15 is 0 Å². The van der Waals surface area contributed by atoms with Gasteiger partial charge in [-0.2, -0.15) is 10.1 Å². The molecule has 0 saturated carbocycles. The normalized spacial score (nSPS) is 12.2. The van der Waals surface area contributed by atoms with Crippen molar-refractivity contribution in [1.82, 2.24) is 34.7 Å². The highest BCUT2D eigenvalue weighted by Gasteiger charge is 2.20. The van der Waals surface area contributed by atoms with Crippen molar-refractivity contribution in [3.8, 4) is 0 Å². The molecule has 0 saturated heterocycles. The van der Waals surface area contributed by atoms with E-state index in [0.717, 1.165) is 5.56 Å². The summed E-state index contributed by atoms with van der Waals surface area (Å²) in [7, 11) is 0. The van der Waals surface area contributed by atoms with Crippen molar-refractivity contribution in [2.45, 2.75) is 12.6 Å². The molecule has 1 unspecified atom stereocenters. The maximum Gasteiger partial charge on any atom is 0.291 e. The number of nitrogens with zero attached hydrogens (tertiary/aromatic N) is 6. The van der Waals surface area contributed by atoms with E-state index in [1.807, 2.05) is 42.6 Å². The summed E-state index contributed by atoms with van der Waals surface area (Å²) >= 11 is 0.